The molecule has 1 heterocycles. The van der Waals surface area contributed by atoms with Crippen LogP contribution in [-0.4, -0.2) is 15.6 Å². The van der Waals surface area contributed by atoms with Gasteiger partial charge in [0.2, 0.25) is 0 Å². The van der Waals surface area contributed by atoms with E-state index in [4.69, 9.17) is 0 Å². The third kappa shape index (κ3) is 3.31. The molecule has 3 heteroatoms. The van der Waals surface area contributed by atoms with Gasteiger partial charge in [0.1, 0.15) is 0 Å². The second-order valence-electron chi connectivity index (χ2n) is 5.71. The molecule has 3 rings (SSSR count). The molecule has 0 saturated heterocycles. The number of nitrogens with one attached hydrogen (secondary N) is 1. The van der Waals surface area contributed by atoms with Crippen molar-refractivity contribution in [2.75, 3.05) is 0 Å². The van der Waals surface area contributed by atoms with Crippen molar-refractivity contribution in [1.82, 2.24) is 14.9 Å². The SMILES string of the molecule is CC(C)NCc1cn(Cc2cccc3ccccc23)cn1. The quantitative estimate of drug-likeness (QED) is 0.773. The first kappa shape index (κ1) is 13.8. The van der Waals surface area contributed by atoms with E-state index in [2.05, 4.69) is 77.4 Å². The number of rotatable bonds is 5. The van der Waals surface area contributed by atoms with Gasteiger partial charge in [-0.3, -0.25) is 0 Å². The Balaban J connectivity index is 1.79. The molecule has 0 saturated carbocycles. The first-order chi connectivity index (χ1) is 10.2. The average Bonchev–Trinajstić information content (AvgIpc) is 2.93. The van der Waals surface area contributed by atoms with Crippen molar-refractivity contribution in [3.05, 3.63) is 66.2 Å². The number of aromatic nitrogens is 2. The fourth-order valence-corrected chi connectivity index (χ4v) is 2.52. The van der Waals surface area contributed by atoms with Crippen molar-refractivity contribution in [2.45, 2.75) is 33.0 Å². The van der Waals surface area contributed by atoms with Crippen LogP contribution >= 0.6 is 0 Å². The summed E-state index contributed by atoms with van der Waals surface area (Å²) < 4.78 is 2.15. The Bertz CT molecular complexity index is 723. The smallest absolute Gasteiger partial charge is 0.0953 e. The fraction of sp³-hybridized carbons (Fsp3) is 0.278. The van der Waals surface area contributed by atoms with Gasteiger partial charge < -0.3 is 9.88 Å². The van der Waals surface area contributed by atoms with Gasteiger partial charge in [-0.05, 0) is 16.3 Å². The van der Waals surface area contributed by atoms with Gasteiger partial charge in [0.15, 0.2) is 0 Å². The fourth-order valence-electron chi connectivity index (χ4n) is 2.52. The van der Waals surface area contributed by atoms with Gasteiger partial charge in [-0.2, -0.15) is 0 Å². The lowest BCUT2D eigenvalue weighted by molar-refractivity contribution is 0.582. The maximum Gasteiger partial charge on any atom is 0.0953 e. The van der Waals surface area contributed by atoms with Crippen LogP contribution in [0.2, 0.25) is 0 Å². The molecule has 1 N–H and O–H groups in total. The van der Waals surface area contributed by atoms with E-state index in [0.29, 0.717) is 6.04 Å². The first-order valence-electron chi connectivity index (χ1n) is 7.43. The molecule has 0 aliphatic carbocycles. The number of imidazole rings is 1. The molecule has 0 amide bonds. The maximum atomic E-state index is 4.46. The average molecular weight is 279 g/mol. The van der Waals surface area contributed by atoms with Gasteiger partial charge >= 0.3 is 0 Å². The minimum Gasteiger partial charge on any atom is -0.333 e. The van der Waals surface area contributed by atoms with E-state index in [1.807, 2.05) is 6.33 Å². The lowest BCUT2D eigenvalue weighted by Gasteiger charge is -2.07. The van der Waals surface area contributed by atoms with Crippen LogP contribution in [0.15, 0.2) is 55.0 Å². The van der Waals surface area contributed by atoms with E-state index >= 15 is 0 Å². The summed E-state index contributed by atoms with van der Waals surface area (Å²) in [5.41, 5.74) is 2.41. The molecule has 3 nitrogen and oxygen atoms in total. The molecule has 0 spiro atoms. The standard InChI is InChI=1S/C18H21N3/c1-14(2)19-10-17-12-21(13-20-17)11-16-8-5-7-15-6-3-4-9-18(15)16/h3-9,12-14,19H,10-11H2,1-2H3. The number of hydrogen-bond acceptors (Lipinski definition) is 2. The topological polar surface area (TPSA) is 29.9 Å². The van der Waals surface area contributed by atoms with E-state index in [-0.39, 0.29) is 0 Å². The Morgan fingerprint density at radius 3 is 2.76 bits per heavy atom. The van der Waals surface area contributed by atoms with E-state index < -0.39 is 0 Å². The predicted octanol–water partition coefficient (Wildman–Crippen LogP) is 3.58. The second kappa shape index (κ2) is 6.10. The van der Waals surface area contributed by atoms with Crippen LogP contribution in [0.4, 0.5) is 0 Å². The minimum absolute atomic E-state index is 0.480. The highest BCUT2D eigenvalue weighted by molar-refractivity contribution is 5.85. The zero-order chi connectivity index (χ0) is 14.7. The van der Waals surface area contributed by atoms with Crippen LogP contribution in [-0.2, 0) is 13.1 Å². The van der Waals surface area contributed by atoms with Crippen molar-refractivity contribution in [3.63, 3.8) is 0 Å². The first-order valence-corrected chi connectivity index (χ1v) is 7.43. The van der Waals surface area contributed by atoms with E-state index in [1.54, 1.807) is 0 Å². The molecule has 108 valence electrons. The summed E-state index contributed by atoms with van der Waals surface area (Å²) in [5, 5.41) is 6.00. The summed E-state index contributed by atoms with van der Waals surface area (Å²) in [6.45, 7) is 5.97. The molecule has 0 fully saturated rings. The monoisotopic (exact) mass is 279 g/mol. The summed E-state index contributed by atoms with van der Waals surface area (Å²) in [7, 11) is 0. The molecule has 0 aliphatic heterocycles. The predicted molar refractivity (Wildman–Crippen MR) is 87.3 cm³/mol. The van der Waals surface area contributed by atoms with Crippen molar-refractivity contribution in [1.29, 1.82) is 0 Å². The van der Waals surface area contributed by atoms with Crippen LogP contribution < -0.4 is 5.32 Å². The van der Waals surface area contributed by atoms with Gasteiger partial charge in [0, 0.05) is 25.3 Å². The van der Waals surface area contributed by atoms with Crippen molar-refractivity contribution >= 4 is 10.8 Å². The highest BCUT2D eigenvalue weighted by Gasteiger charge is 2.03. The molecule has 0 bridgehead atoms. The molecule has 2 aromatic carbocycles. The van der Waals surface area contributed by atoms with Gasteiger partial charge in [-0.25, -0.2) is 4.98 Å². The molecule has 0 radical (unpaired) electrons. The van der Waals surface area contributed by atoms with Gasteiger partial charge in [-0.15, -0.1) is 0 Å². The lowest BCUT2D eigenvalue weighted by Crippen LogP contribution is -2.21. The molecule has 0 unspecified atom stereocenters. The molecule has 3 aromatic rings. The Morgan fingerprint density at radius 2 is 1.90 bits per heavy atom. The summed E-state index contributed by atoms with van der Waals surface area (Å²) in [4.78, 5) is 4.46. The van der Waals surface area contributed by atoms with Crippen LogP contribution in [0.1, 0.15) is 25.1 Å². The van der Waals surface area contributed by atoms with Crippen LogP contribution in [0, 0.1) is 0 Å². The Kier molecular flexibility index (Phi) is 4.02. The van der Waals surface area contributed by atoms with Crippen molar-refractivity contribution < 1.29 is 0 Å². The molecule has 0 atom stereocenters. The molecule has 1 aromatic heterocycles. The second-order valence-corrected chi connectivity index (χ2v) is 5.71. The number of hydrogen-bond donors (Lipinski definition) is 1. The Labute approximate surface area is 125 Å². The third-order valence-corrected chi connectivity index (χ3v) is 3.61. The van der Waals surface area contributed by atoms with Crippen molar-refractivity contribution in [2.24, 2.45) is 0 Å². The van der Waals surface area contributed by atoms with Gasteiger partial charge in [0.05, 0.1) is 12.0 Å². The number of fused-ring (bicyclic) bond motifs is 1. The summed E-state index contributed by atoms with van der Waals surface area (Å²) in [5.74, 6) is 0. The van der Waals surface area contributed by atoms with E-state index in [1.165, 1.54) is 16.3 Å². The van der Waals surface area contributed by atoms with Crippen LogP contribution in [0.25, 0.3) is 10.8 Å². The highest BCUT2D eigenvalue weighted by atomic mass is 15.0. The third-order valence-electron chi connectivity index (χ3n) is 3.61. The van der Waals surface area contributed by atoms with Gasteiger partial charge in [0.25, 0.3) is 0 Å². The summed E-state index contributed by atoms with van der Waals surface area (Å²) in [6, 6.07) is 15.5. The molecule has 21 heavy (non-hydrogen) atoms. The lowest BCUT2D eigenvalue weighted by atomic mass is 10.0. The number of nitrogens with zero attached hydrogens (tertiary/aromatic N) is 2. The summed E-state index contributed by atoms with van der Waals surface area (Å²) >= 11 is 0. The molecular weight excluding hydrogens is 258 g/mol. The van der Waals surface area contributed by atoms with Gasteiger partial charge in [-0.1, -0.05) is 56.3 Å². The summed E-state index contributed by atoms with van der Waals surface area (Å²) in [6.07, 6.45) is 4.04. The van der Waals surface area contributed by atoms with E-state index in [9.17, 15) is 0 Å². The number of benzene rings is 2. The largest absolute Gasteiger partial charge is 0.333 e. The van der Waals surface area contributed by atoms with Crippen molar-refractivity contribution in [3.8, 4) is 0 Å². The Hall–Kier alpha value is -2.13. The molecule has 0 aliphatic rings. The van der Waals surface area contributed by atoms with Crippen LogP contribution in [0.3, 0.4) is 0 Å². The minimum atomic E-state index is 0.480. The highest BCUT2D eigenvalue weighted by Crippen LogP contribution is 2.19. The maximum absolute atomic E-state index is 4.46. The zero-order valence-electron chi connectivity index (χ0n) is 12.6. The zero-order valence-corrected chi connectivity index (χ0v) is 12.6. The normalized spacial score (nSPS) is 11.4. The Morgan fingerprint density at radius 1 is 1.10 bits per heavy atom. The van der Waals surface area contributed by atoms with E-state index in [0.717, 1.165) is 18.8 Å². The van der Waals surface area contributed by atoms with Crippen LogP contribution in [0.5, 0.6) is 0 Å². The molecular formula is C18H21N3.